The van der Waals surface area contributed by atoms with Gasteiger partial charge in [0.15, 0.2) is 0 Å². The molecule has 0 atom stereocenters. The summed E-state index contributed by atoms with van der Waals surface area (Å²) in [6, 6.07) is 0. The molecular formula is C2H6Cl4NbO-4. The predicted octanol–water partition coefficient (Wildman–Crippen LogP) is -12.0. The van der Waals surface area contributed by atoms with E-state index < -0.39 is 0 Å². The molecule has 0 spiro atoms. The Bertz CT molecular complexity index is 14.0. The van der Waals surface area contributed by atoms with Gasteiger partial charge in [-0.25, -0.2) is 0 Å². The van der Waals surface area contributed by atoms with Crippen LogP contribution in [0.25, 0.3) is 0 Å². The van der Waals surface area contributed by atoms with Crippen LogP contribution in [0.15, 0.2) is 0 Å². The number of rotatable bonds is 0. The molecule has 0 saturated heterocycles. The monoisotopic (exact) mass is 279 g/mol. The smallest absolute Gasteiger partial charge is 0.0402 e. The second-order valence-corrected chi connectivity index (χ2v) is 0.316. The average molecular weight is 281 g/mol. The van der Waals surface area contributed by atoms with Gasteiger partial charge in [0.1, 0.15) is 0 Å². The van der Waals surface area contributed by atoms with E-state index >= 15 is 0 Å². The van der Waals surface area contributed by atoms with Crippen LogP contribution in [0.3, 0.4) is 0 Å². The SMILES string of the molecule is CCO.[Cl-].[Cl-].[Cl-].[Cl-].[Nb]. The van der Waals surface area contributed by atoms with Gasteiger partial charge in [-0.3, -0.25) is 0 Å². The molecule has 6 heteroatoms. The third kappa shape index (κ3) is 107. The van der Waals surface area contributed by atoms with Crippen molar-refractivity contribution in [2.75, 3.05) is 6.61 Å². The molecule has 0 aromatic rings. The Kier molecular flexibility index (Phi) is 434. The summed E-state index contributed by atoms with van der Waals surface area (Å²) in [6.45, 7) is 1.93. The first-order valence-electron chi connectivity index (χ1n) is 1.02. The van der Waals surface area contributed by atoms with Crippen LogP contribution in [-0.4, -0.2) is 11.7 Å². The molecule has 1 radical (unpaired) electrons. The van der Waals surface area contributed by atoms with Crippen molar-refractivity contribution in [3.8, 4) is 0 Å². The van der Waals surface area contributed by atoms with E-state index in [4.69, 9.17) is 5.11 Å². The van der Waals surface area contributed by atoms with Gasteiger partial charge in [-0.1, -0.05) is 0 Å². The van der Waals surface area contributed by atoms with Crippen LogP contribution in [0, 0.1) is 0 Å². The average Bonchev–Trinajstić information content (AvgIpc) is 0.918. The van der Waals surface area contributed by atoms with E-state index in [2.05, 4.69) is 0 Å². The normalized spacial score (nSPS) is 2.25. The van der Waals surface area contributed by atoms with Crippen LogP contribution in [0.4, 0.5) is 0 Å². The molecule has 0 amide bonds. The summed E-state index contributed by atoms with van der Waals surface area (Å²) in [5, 5.41) is 7.57. The van der Waals surface area contributed by atoms with Crippen LogP contribution < -0.4 is 49.6 Å². The minimum atomic E-state index is 0. The first kappa shape index (κ1) is 51.9. The summed E-state index contributed by atoms with van der Waals surface area (Å²) in [6.07, 6.45) is 0. The van der Waals surface area contributed by atoms with Crippen molar-refractivity contribution < 1.29 is 77.1 Å². The maximum absolute atomic E-state index is 7.57. The van der Waals surface area contributed by atoms with Gasteiger partial charge >= 0.3 is 0 Å². The molecule has 0 aromatic heterocycles. The summed E-state index contributed by atoms with van der Waals surface area (Å²) in [5.41, 5.74) is 0. The summed E-state index contributed by atoms with van der Waals surface area (Å²) in [4.78, 5) is 0. The summed E-state index contributed by atoms with van der Waals surface area (Å²) < 4.78 is 0. The molecule has 0 aliphatic rings. The second-order valence-electron chi connectivity index (χ2n) is 0.316. The molecule has 0 aromatic carbocycles. The van der Waals surface area contributed by atoms with Crippen molar-refractivity contribution in [2.45, 2.75) is 6.92 Å². The van der Waals surface area contributed by atoms with E-state index in [9.17, 15) is 0 Å². The zero-order chi connectivity index (χ0) is 2.71. The maximum atomic E-state index is 7.57. The number of aliphatic hydroxyl groups is 1. The van der Waals surface area contributed by atoms with Crippen molar-refractivity contribution in [3.05, 3.63) is 0 Å². The van der Waals surface area contributed by atoms with Crippen LogP contribution in [-0.2, 0) is 22.4 Å². The molecular weight excluding hydrogens is 275 g/mol. The van der Waals surface area contributed by atoms with E-state index in [-0.39, 0.29) is 78.6 Å². The number of halogens is 4. The molecule has 8 heavy (non-hydrogen) atoms. The Morgan fingerprint density at radius 2 is 1.00 bits per heavy atom. The molecule has 0 aliphatic heterocycles. The van der Waals surface area contributed by atoms with E-state index in [1.54, 1.807) is 6.92 Å². The zero-order valence-corrected chi connectivity index (χ0v) is 9.34. The van der Waals surface area contributed by atoms with E-state index in [0.29, 0.717) is 0 Å². The first-order valence-corrected chi connectivity index (χ1v) is 1.02. The fourth-order valence-electron chi connectivity index (χ4n) is 0. The quantitative estimate of drug-likeness (QED) is 0.437. The van der Waals surface area contributed by atoms with E-state index in [1.165, 1.54) is 0 Å². The van der Waals surface area contributed by atoms with Gasteiger partial charge in [-0.05, 0) is 6.92 Å². The molecule has 0 saturated carbocycles. The van der Waals surface area contributed by atoms with Gasteiger partial charge in [0.25, 0.3) is 0 Å². The largest absolute Gasteiger partial charge is 1.00 e. The Morgan fingerprint density at radius 1 is 1.00 bits per heavy atom. The van der Waals surface area contributed by atoms with Crippen molar-refractivity contribution in [2.24, 2.45) is 0 Å². The minimum Gasteiger partial charge on any atom is -1.00 e. The first-order chi connectivity index (χ1) is 1.41. The third-order valence-corrected chi connectivity index (χ3v) is 0. The van der Waals surface area contributed by atoms with Crippen LogP contribution >= 0.6 is 0 Å². The molecule has 0 bridgehead atoms. The summed E-state index contributed by atoms with van der Waals surface area (Å²) in [7, 11) is 0. The predicted molar refractivity (Wildman–Crippen MR) is 12.8 cm³/mol. The van der Waals surface area contributed by atoms with Crippen molar-refractivity contribution in [3.63, 3.8) is 0 Å². The maximum Gasteiger partial charge on any atom is 0.0402 e. The van der Waals surface area contributed by atoms with Crippen LogP contribution in [0.2, 0.25) is 0 Å². The van der Waals surface area contributed by atoms with Gasteiger partial charge in [0.05, 0.1) is 0 Å². The van der Waals surface area contributed by atoms with Crippen molar-refractivity contribution in [1.82, 2.24) is 0 Å². The van der Waals surface area contributed by atoms with Crippen molar-refractivity contribution >= 4 is 0 Å². The Labute approximate surface area is 90.1 Å². The number of hydrogen-bond acceptors (Lipinski definition) is 1. The standard InChI is InChI=1S/C2H6O.4ClH.Nb/c1-2-3;;;;;/h3H,2H2,1H3;4*1H;/p-4. The zero-order valence-electron chi connectivity index (χ0n) is 4.11. The molecule has 0 heterocycles. The van der Waals surface area contributed by atoms with Gasteiger partial charge in [-0.2, -0.15) is 0 Å². The molecule has 57 valence electrons. The van der Waals surface area contributed by atoms with Gasteiger partial charge < -0.3 is 54.7 Å². The Hall–Kier alpha value is 1.86. The fraction of sp³-hybridized carbons (Fsp3) is 1.00. The molecule has 1 nitrogen and oxygen atoms in total. The topological polar surface area (TPSA) is 20.2 Å². The van der Waals surface area contributed by atoms with E-state index in [1.807, 2.05) is 0 Å². The van der Waals surface area contributed by atoms with Crippen LogP contribution in [0.5, 0.6) is 0 Å². The van der Waals surface area contributed by atoms with Gasteiger partial charge in [0, 0.05) is 29.0 Å². The Balaban J connectivity index is -0.00000000200. The van der Waals surface area contributed by atoms with Crippen LogP contribution in [0.1, 0.15) is 6.92 Å². The summed E-state index contributed by atoms with van der Waals surface area (Å²) >= 11 is 0. The van der Waals surface area contributed by atoms with Gasteiger partial charge in [0.2, 0.25) is 0 Å². The molecule has 0 unspecified atom stereocenters. The fourth-order valence-corrected chi connectivity index (χ4v) is 0. The summed E-state index contributed by atoms with van der Waals surface area (Å²) in [5.74, 6) is 0. The molecule has 0 fully saturated rings. The van der Waals surface area contributed by atoms with E-state index in [0.717, 1.165) is 0 Å². The number of aliphatic hydroxyl groups excluding tert-OH is 1. The molecule has 0 aliphatic carbocycles. The minimum absolute atomic E-state index is 0. The van der Waals surface area contributed by atoms with Gasteiger partial charge in [-0.15, -0.1) is 0 Å². The molecule has 1 N–H and O–H groups in total. The van der Waals surface area contributed by atoms with Crippen molar-refractivity contribution in [1.29, 1.82) is 0 Å². The molecule has 0 rings (SSSR count). The number of hydrogen-bond donors (Lipinski definition) is 1. The third-order valence-electron chi connectivity index (χ3n) is 0. The Morgan fingerprint density at radius 3 is 1.00 bits per heavy atom. The second kappa shape index (κ2) is 66.9.